The first-order chi connectivity index (χ1) is 14.7. The molecule has 0 radical (unpaired) electrons. The topological polar surface area (TPSA) is 56.2 Å². The summed E-state index contributed by atoms with van der Waals surface area (Å²) < 4.78 is 8.02. The number of aromatic nitrogens is 2. The Kier molecular flexibility index (Phi) is 6.09. The molecule has 1 heterocycles. The molecule has 5 heteroatoms. The minimum absolute atomic E-state index is 0.103. The van der Waals surface area contributed by atoms with Gasteiger partial charge < -0.3 is 14.6 Å². The Morgan fingerprint density at radius 3 is 2.40 bits per heavy atom. The molecule has 0 spiro atoms. The molecule has 30 heavy (non-hydrogen) atoms. The number of carbonyl (C=O) groups excluding carboxylic acids is 1. The molecule has 0 aliphatic heterocycles. The first kappa shape index (κ1) is 19.7. The summed E-state index contributed by atoms with van der Waals surface area (Å²) in [4.78, 5) is 17.4. The monoisotopic (exact) mass is 399 g/mol. The molecule has 0 aliphatic carbocycles. The second kappa shape index (κ2) is 9.27. The van der Waals surface area contributed by atoms with Gasteiger partial charge in [-0.1, -0.05) is 48.5 Å². The molecule has 1 amide bonds. The molecular formula is C25H25N3O2. The van der Waals surface area contributed by atoms with E-state index in [1.807, 2.05) is 85.8 Å². The number of carbonyl (C=O) groups is 1. The molecule has 1 N–H and O–H groups in total. The highest BCUT2D eigenvalue weighted by molar-refractivity contribution is 5.94. The molecule has 0 saturated carbocycles. The van der Waals surface area contributed by atoms with E-state index in [-0.39, 0.29) is 11.9 Å². The lowest BCUT2D eigenvalue weighted by molar-refractivity contribution is 0.0937. The molecule has 0 bridgehead atoms. The maximum atomic E-state index is 12.6. The predicted octanol–water partition coefficient (Wildman–Crippen LogP) is 5.00. The Balaban J connectivity index is 1.49. The lowest BCUT2D eigenvalue weighted by Crippen LogP contribution is -2.28. The van der Waals surface area contributed by atoms with Crippen molar-refractivity contribution in [2.45, 2.75) is 25.9 Å². The number of para-hydroxylation sites is 3. The lowest BCUT2D eigenvalue weighted by atomic mass is 10.2. The summed E-state index contributed by atoms with van der Waals surface area (Å²) in [5.74, 6) is 1.62. The van der Waals surface area contributed by atoms with Gasteiger partial charge in [0.05, 0.1) is 23.7 Å². The summed E-state index contributed by atoms with van der Waals surface area (Å²) in [5.41, 5.74) is 2.63. The number of hydrogen-bond donors (Lipinski definition) is 1. The van der Waals surface area contributed by atoms with Gasteiger partial charge in [0.25, 0.3) is 5.91 Å². The highest BCUT2D eigenvalue weighted by atomic mass is 16.5. The van der Waals surface area contributed by atoms with E-state index in [4.69, 9.17) is 9.72 Å². The zero-order chi connectivity index (χ0) is 20.8. The molecule has 0 aliphatic rings. The van der Waals surface area contributed by atoms with Crippen molar-refractivity contribution in [2.75, 3.05) is 6.61 Å². The van der Waals surface area contributed by atoms with Crippen LogP contribution >= 0.6 is 0 Å². The summed E-state index contributed by atoms with van der Waals surface area (Å²) >= 11 is 0. The molecule has 0 fully saturated rings. The second-order valence-corrected chi connectivity index (χ2v) is 7.19. The Bertz CT molecular complexity index is 1110. The number of fused-ring (bicyclic) bond motifs is 1. The second-order valence-electron chi connectivity index (χ2n) is 7.19. The van der Waals surface area contributed by atoms with Crippen LogP contribution < -0.4 is 10.1 Å². The standard InChI is InChI=1S/C25H25N3O2/c1-19(26-25(29)20-11-4-2-5-12-20)24-27-22-15-8-9-16-23(22)28(24)17-10-18-30-21-13-6-3-7-14-21/h2-9,11-16,19H,10,17-18H2,1H3,(H,26,29). The van der Waals surface area contributed by atoms with Crippen molar-refractivity contribution in [1.82, 2.24) is 14.9 Å². The van der Waals surface area contributed by atoms with Crippen molar-refractivity contribution in [1.29, 1.82) is 0 Å². The van der Waals surface area contributed by atoms with Crippen molar-refractivity contribution in [3.05, 3.63) is 96.3 Å². The van der Waals surface area contributed by atoms with E-state index < -0.39 is 0 Å². The molecule has 4 aromatic rings. The molecule has 5 nitrogen and oxygen atoms in total. The van der Waals surface area contributed by atoms with Crippen LogP contribution in [0.4, 0.5) is 0 Å². The fourth-order valence-corrected chi connectivity index (χ4v) is 3.52. The molecule has 1 aromatic heterocycles. The lowest BCUT2D eigenvalue weighted by Gasteiger charge is -2.16. The maximum absolute atomic E-state index is 12.6. The van der Waals surface area contributed by atoms with Crippen LogP contribution in [0.5, 0.6) is 5.75 Å². The summed E-state index contributed by atoms with van der Waals surface area (Å²) in [5, 5.41) is 3.08. The fraction of sp³-hybridized carbons (Fsp3) is 0.200. The smallest absolute Gasteiger partial charge is 0.251 e. The van der Waals surface area contributed by atoms with Gasteiger partial charge in [-0.2, -0.15) is 0 Å². The number of benzene rings is 3. The first-order valence-electron chi connectivity index (χ1n) is 10.2. The maximum Gasteiger partial charge on any atom is 0.251 e. The van der Waals surface area contributed by atoms with Crippen molar-refractivity contribution in [3.8, 4) is 5.75 Å². The van der Waals surface area contributed by atoms with E-state index in [0.717, 1.165) is 35.6 Å². The largest absolute Gasteiger partial charge is 0.494 e. The zero-order valence-electron chi connectivity index (χ0n) is 17.0. The van der Waals surface area contributed by atoms with Gasteiger partial charge in [0.15, 0.2) is 0 Å². The van der Waals surface area contributed by atoms with E-state index in [1.54, 1.807) is 0 Å². The van der Waals surface area contributed by atoms with E-state index in [1.165, 1.54) is 0 Å². The normalized spacial score (nSPS) is 11.9. The molecule has 0 saturated heterocycles. The average Bonchev–Trinajstić information content (AvgIpc) is 3.17. The van der Waals surface area contributed by atoms with Crippen molar-refractivity contribution in [3.63, 3.8) is 0 Å². The number of nitrogens with zero attached hydrogens (tertiary/aromatic N) is 2. The highest BCUT2D eigenvalue weighted by Crippen LogP contribution is 2.22. The van der Waals surface area contributed by atoms with Gasteiger partial charge >= 0.3 is 0 Å². The molecule has 3 aromatic carbocycles. The Morgan fingerprint density at radius 1 is 0.967 bits per heavy atom. The Labute approximate surface area is 176 Å². The van der Waals surface area contributed by atoms with Gasteiger partial charge in [0.1, 0.15) is 11.6 Å². The summed E-state index contributed by atoms with van der Waals surface area (Å²) in [6.07, 6.45) is 0.835. The van der Waals surface area contributed by atoms with Crippen LogP contribution in [0.2, 0.25) is 0 Å². The third kappa shape index (κ3) is 4.51. The van der Waals surface area contributed by atoms with Gasteiger partial charge in [0.2, 0.25) is 0 Å². The summed E-state index contributed by atoms with van der Waals surface area (Å²) in [6.45, 7) is 3.34. The Morgan fingerprint density at radius 2 is 1.63 bits per heavy atom. The molecular weight excluding hydrogens is 374 g/mol. The third-order valence-electron chi connectivity index (χ3n) is 4.99. The van der Waals surface area contributed by atoms with Gasteiger partial charge in [0, 0.05) is 12.1 Å². The summed E-state index contributed by atoms with van der Waals surface area (Å²) in [6, 6.07) is 26.9. The Hall–Kier alpha value is -3.60. The van der Waals surface area contributed by atoms with Gasteiger partial charge in [-0.05, 0) is 49.7 Å². The van der Waals surface area contributed by atoms with Gasteiger partial charge in [-0.15, -0.1) is 0 Å². The quantitative estimate of drug-likeness (QED) is 0.424. The van der Waals surface area contributed by atoms with Gasteiger partial charge in [-0.3, -0.25) is 4.79 Å². The van der Waals surface area contributed by atoms with E-state index in [0.29, 0.717) is 12.2 Å². The minimum atomic E-state index is -0.222. The van der Waals surface area contributed by atoms with E-state index in [2.05, 4.69) is 16.0 Å². The SMILES string of the molecule is CC(NC(=O)c1ccccc1)c1nc2ccccc2n1CCCOc1ccccc1. The number of nitrogens with one attached hydrogen (secondary N) is 1. The van der Waals surface area contributed by atoms with Crippen LogP contribution in [0.3, 0.4) is 0 Å². The number of hydrogen-bond acceptors (Lipinski definition) is 3. The number of imidazole rings is 1. The van der Waals surface area contributed by atoms with Crippen LogP contribution in [0.25, 0.3) is 11.0 Å². The molecule has 4 rings (SSSR count). The molecule has 1 unspecified atom stereocenters. The number of rotatable bonds is 8. The zero-order valence-corrected chi connectivity index (χ0v) is 17.0. The average molecular weight is 399 g/mol. The highest BCUT2D eigenvalue weighted by Gasteiger charge is 2.18. The van der Waals surface area contributed by atoms with Crippen LogP contribution in [0, 0.1) is 0 Å². The van der Waals surface area contributed by atoms with Gasteiger partial charge in [-0.25, -0.2) is 4.98 Å². The van der Waals surface area contributed by atoms with Crippen LogP contribution in [-0.2, 0) is 6.54 Å². The van der Waals surface area contributed by atoms with E-state index >= 15 is 0 Å². The van der Waals surface area contributed by atoms with Crippen LogP contribution in [-0.4, -0.2) is 22.1 Å². The number of aryl methyl sites for hydroxylation is 1. The summed E-state index contributed by atoms with van der Waals surface area (Å²) in [7, 11) is 0. The first-order valence-corrected chi connectivity index (χ1v) is 10.2. The number of ether oxygens (including phenoxy) is 1. The predicted molar refractivity (Wildman–Crippen MR) is 119 cm³/mol. The third-order valence-corrected chi connectivity index (χ3v) is 4.99. The van der Waals surface area contributed by atoms with Crippen molar-refractivity contribution < 1.29 is 9.53 Å². The van der Waals surface area contributed by atoms with Crippen LogP contribution in [0.1, 0.15) is 35.6 Å². The number of amides is 1. The van der Waals surface area contributed by atoms with Crippen molar-refractivity contribution in [2.24, 2.45) is 0 Å². The fourth-order valence-electron chi connectivity index (χ4n) is 3.52. The minimum Gasteiger partial charge on any atom is -0.494 e. The molecule has 152 valence electrons. The molecule has 1 atom stereocenters. The van der Waals surface area contributed by atoms with E-state index in [9.17, 15) is 4.79 Å². The van der Waals surface area contributed by atoms with Crippen LogP contribution in [0.15, 0.2) is 84.9 Å². The van der Waals surface area contributed by atoms with Crippen molar-refractivity contribution >= 4 is 16.9 Å².